The van der Waals surface area contributed by atoms with Gasteiger partial charge < -0.3 is 30.0 Å². The van der Waals surface area contributed by atoms with Crippen LogP contribution in [0, 0.1) is 0 Å². The Morgan fingerprint density at radius 3 is 2.29 bits per heavy atom. The summed E-state index contributed by atoms with van der Waals surface area (Å²) in [6.45, 7) is 0.371. The van der Waals surface area contributed by atoms with Gasteiger partial charge in [-0.1, -0.05) is 109 Å². The van der Waals surface area contributed by atoms with Crippen molar-refractivity contribution >= 4 is 45.0 Å². The average Bonchev–Trinajstić information content (AvgIpc) is 3.67. The summed E-state index contributed by atoms with van der Waals surface area (Å²) in [5.74, 6) is 2.19. The third kappa shape index (κ3) is 9.43. The first-order valence-corrected chi connectivity index (χ1v) is 19.9. The lowest BCUT2D eigenvalue weighted by Gasteiger charge is -2.36. The van der Waals surface area contributed by atoms with Crippen LogP contribution in [0.1, 0.15) is 41.1 Å². The minimum absolute atomic E-state index is 0.00167. The van der Waals surface area contributed by atoms with Crippen molar-refractivity contribution in [1.82, 2.24) is 10.3 Å². The molecule has 8 rings (SSSR count). The predicted molar refractivity (Wildman–Crippen MR) is 219 cm³/mol. The van der Waals surface area contributed by atoms with Crippen molar-refractivity contribution in [1.29, 1.82) is 0 Å². The monoisotopic (exact) mass is 765 g/mol. The minimum Gasteiger partial charge on any atom is -0.457 e. The van der Waals surface area contributed by atoms with Gasteiger partial charge in [0.15, 0.2) is 10.6 Å². The molecule has 2 amide bonds. The van der Waals surface area contributed by atoms with E-state index in [1.165, 1.54) is 4.70 Å². The number of nitrogens with one attached hydrogen (secondary N) is 2. The van der Waals surface area contributed by atoms with E-state index in [2.05, 4.69) is 53.1 Å². The molecule has 0 radical (unpaired) electrons. The molecular weight excluding hydrogens is 727 g/mol. The molecule has 1 aliphatic heterocycles. The van der Waals surface area contributed by atoms with Gasteiger partial charge in [-0.3, -0.25) is 0 Å². The van der Waals surface area contributed by atoms with E-state index in [-0.39, 0.29) is 24.8 Å². The second kappa shape index (κ2) is 17.3. The Morgan fingerprint density at radius 2 is 1.51 bits per heavy atom. The lowest BCUT2D eigenvalue weighted by molar-refractivity contribution is -0.245. The van der Waals surface area contributed by atoms with E-state index in [1.807, 2.05) is 109 Å². The van der Waals surface area contributed by atoms with Crippen molar-refractivity contribution in [3.63, 3.8) is 0 Å². The van der Waals surface area contributed by atoms with Gasteiger partial charge in [0, 0.05) is 30.0 Å². The van der Waals surface area contributed by atoms with Gasteiger partial charge in [-0.15, -0.1) is 11.3 Å². The normalized spacial score (nSPS) is 16.8. The highest BCUT2D eigenvalue weighted by molar-refractivity contribution is 8.01. The van der Waals surface area contributed by atoms with Crippen molar-refractivity contribution in [3.8, 4) is 22.6 Å². The second-order valence-corrected chi connectivity index (χ2v) is 15.5. The largest absolute Gasteiger partial charge is 0.457 e. The summed E-state index contributed by atoms with van der Waals surface area (Å²) in [4.78, 5) is 17.5. The van der Waals surface area contributed by atoms with Crippen LogP contribution in [0.25, 0.3) is 21.3 Å². The number of carbonyl (C=O) groups excluding carboxylic acids is 1. The molecule has 1 aromatic heterocycles. The van der Waals surface area contributed by atoms with Gasteiger partial charge in [0.05, 0.1) is 29.0 Å². The SMILES string of the molecule is O=C(NCc1cccc(-c2ccc(C3OC(CSc4nc5ccccc5s4)CC(c4ccc(CO)cc4)O3)cc2)c1)Nc1ccc(Oc2ccccc2)cc1. The van der Waals surface area contributed by atoms with Gasteiger partial charge in [0.25, 0.3) is 0 Å². The number of rotatable bonds is 12. The fourth-order valence-electron chi connectivity index (χ4n) is 6.38. The number of aliphatic hydroxyl groups is 1. The molecule has 2 heterocycles. The van der Waals surface area contributed by atoms with Crippen LogP contribution < -0.4 is 15.4 Å². The third-order valence-corrected chi connectivity index (χ3v) is 11.6. The summed E-state index contributed by atoms with van der Waals surface area (Å²) in [5.41, 5.74) is 7.61. The number of thioether (sulfide) groups is 1. The number of amides is 2. The van der Waals surface area contributed by atoms with Gasteiger partial charge in [-0.05, 0) is 82.4 Å². The van der Waals surface area contributed by atoms with E-state index in [9.17, 15) is 9.90 Å². The molecule has 0 bridgehead atoms. The molecule has 1 fully saturated rings. The smallest absolute Gasteiger partial charge is 0.319 e. The fourth-order valence-corrected chi connectivity index (χ4v) is 8.49. The topological polar surface area (TPSA) is 102 Å². The molecule has 3 unspecified atom stereocenters. The number of benzene rings is 6. The summed E-state index contributed by atoms with van der Waals surface area (Å²) in [5, 5.41) is 15.4. The Kier molecular flexibility index (Phi) is 11.5. The maximum Gasteiger partial charge on any atom is 0.319 e. The highest BCUT2D eigenvalue weighted by Gasteiger charge is 2.32. The Balaban J connectivity index is 0.898. The van der Waals surface area contributed by atoms with Crippen LogP contribution in [-0.2, 0) is 22.6 Å². The van der Waals surface area contributed by atoms with Crippen molar-refractivity contribution in [2.24, 2.45) is 0 Å². The Bertz CT molecular complexity index is 2300. The Labute approximate surface area is 328 Å². The molecular formula is C45H39N3O5S2. The standard InChI is InChI=1S/C45H39N3O5S2/c49-28-30-13-15-33(16-14-30)41-26-39(29-54-45-48-40-11-4-5-12-42(40)55-45)52-43(53-41)34-19-17-32(18-20-34)35-8-6-7-31(25-35)27-46-44(50)47-36-21-23-38(24-22-36)51-37-9-2-1-3-10-37/h1-25,39,41,43,49H,26-29H2,(H2,46,47,50). The fraction of sp³-hybridized carbons (Fsp3) is 0.156. The van der Waals surface area contributed by atoms with E-state index in [0.717, 1.165) is 54.7 Å². The lowest BCUT2D eigenvalue weighted by atomic mass is 9.99. The maximum atomic E-state index is 12.7. The molecule has 6 aromatic carbocycles. The molecule has 8 nitrogen and oxygen atoms in total. The zero-order chi connectivity index (χ0) is 37.4. The quantitative estimate of drug-likeness (QED) is 0.106. The van der Waals surface area contributed by atoms with Gasteiger partial charge >= 0.3 is 6.03 Å². The van der Waals surface area contributed by atoms with Gasteiger partial charge in [0.1, 0.15) is 11.5 Å². The molecule has 7 aromatic rings. The van der Waals surface area contributed by atoms with E-state index in [0.29, 0.717) is 24.4 Å². The first-order chi connectivity index (χ1) is 27.0. The number of para-hydroxylation sites is 2. The molecule has 1 saturated heterocycles. The van der Waals surface area contributed by atoms with Crippen LogP contribution in [0.5, 0.6) is 11.5 Å². The van der Waals surface area contributed by atoms with Crippen LogP contribution in [0.4, 0.5) is 10.5 Å². The summed E-state index contributed by atoms with van der Waals surface area (Å²) in [6, 6.07) is 49.1. The zero-order valence-corrected chi connectivity index (χ0v) is 31.5. The number of thiazole rings is 1. The molecule has 3 N–H and O–H groups in total. The number of nitrogens with zero attached hydrogens (tertiary/aromatic N) is 1. The number of fused-ring (bicyclic) bond motifs is 1. The molecule has 3 atom stereocenters. The number of urea groups is 1. The van der Waals surface area contributed by atoms with Gasteiger partial charge in [-0.25, -0.2) is 9.78 Å². The first-order valence-electron chi connectivity index (χ1n) is 18.1. The van der Waals surface area contributed by atoms with Crippen LogP contribution in [0.2, 0.25) is 0 Å². The molecule has 0 aliphatic carbocycles. The van der Waals surface area contributed by atoms with Crippen molar-refractivity contribution in [3.05, 3.63) is 174 Å². The number of anilines is 1. The van der Waals surface area contributed by atoms with E-state index >= 15 is 0 Å². The zero-order valence-electron chi connectivity index (χ0n) is 29.8. The molecule has 0 saturated carbocycles. The molecule has 1 aliphatic rings. The number of aliphatic hydroxyl groups excluding tert-OH is 1. The van der Waals surface area contributed by atoms with E-state index < -0.39 is 6.29 Å². The summed E-state index contributed by atoms with van der Waals surface area (Å²) >= 11 is 3.42. The number of carbonyl (C=O) groups is 1. The highest BCUT2D eigenvalue weighted by Crippen LogP contribution is 2.40. The number of ether oxygens (including phenoxy) is 3. The van der Waals surface area contributed by atoms with E-state index in [4.69, 9.17) is 19.2 Å². The Morgan fingerprint density at radius 1 is 0.764 bits per heavy atom. The van der Waals surface area contributed by atoms with Crippen molar-refractivity contribution < 1.29 is 24.1 Å². The third-order valence-electron chi connectivity index (χ3n) is 9.27. The number of hydrogen-bond acceptors (Lipinski definition) is 8. The predicted octanol–water partition coefficient (Wildman–Crippen LogP) is 10.9. The van der Waals surface area contributed by atoms with Crippen LogP contribution in [0.15, 0.2) is 156 Å². The summed E-state index contributed by atoms with van der Waals surface area (Å²) in [7, 11) is 0. The second-order valence-electron chi connectivity index (χ2n) is 13.2. The lowest BCUT2D eigenvalue weighted by Crippen LogP contribution is -2.31. The summed E-state index contributed by atoms with van der Waals surface area (Å²) in [6.07, 6.45) is -0.0680. The minimum atomic E-state index is -0.548. The molecule has 10 heteroatoms. The molecule has 55 heavy (non-hydrogen) atoms. The van der Waals surface area contributed by atoms with Crippen molar-refractivity contribution in [2.75, 3.05) is 11.1 Å². The summed E-state index contributed by atoms with van der Waals surface area (Å²) < 4.78 is 21.2. The Hall–Kier alpha value is -5.49. The van der Waals surface area contributed by atoms with Gasteiger partial charge in [-0.2, -0.15) is 0 Å². The highest BCUT2D eigenvalue weighted by atomic mass is 32.2. The molecule has 276 valence electrons. The van der Waals surface area contributed by atoms with Crippen LogP contribution in [-0.4, -0.2) is 28.0 Å². The maximum absolute atomic E-state index is 12.7. The van der Waals surface area contributed by atoms with Crippen LogP contribution in [0.3, 0.4) is 0 Å². The van der Waals surface area contributed by atoms with Crippen LogP contribution >= 0.6 is 23.1 Å². The first kappa shape index (κ1) is 36.5. The van der Waals surface area contributed by atoms with Gasteiger partial charge in [0.2, 0.25) is 0 Å². The van der Waals surface area contributed by atoms with E-state index in [1.54, 1.807) is 23.1 Å². The van der Waals surface area contributed by atoms with Crippen molar-refractivity contribution in [2.45, 2.75) is 42.4 Å². The molecule has 0 spiro atoms. The average molecular weight is 766 g/mol. The number of hydrogen-bond donors (Lipinski definition) is 3. The number of aromatic nitrogens is 1.